The van der Waals surface area contributed by atoms with Gasteiger partial charge in [-0.05, 0) is 47.9 Å². The summed E-state index contributed by atoms with van der Waals surface area (Å²) >= 11 is 1.49. The number of ether oxygens (including phenoxy) is 1. The Labute approximate surface area is 243 Å². The molecule has 1 aliphatic rings. The Hall–Kier alpha value is -4.39. The summed E-state index contributed by atoms with van der Waals surface area (Å²) in [5.74, 6) is 0.808. The highest BCUT2D eigenvalue weighted by molar-refractivity contribution is 8.14. The van der Waals surface area contributed by atoms with Gasteiger partial charge in [0.25, 0.3) is 0 Å². The standard InChI is InChI=1S/C29H26F4N6O2S/c1-2-19-5-3-4-6-25(19)38-15-16-42-28(38)36-27(40)34-17-24(30)20-7-9-21(10-8-20)26-35-18-39(37-26)22-11-13-23(14-12-22)41-29(31,32)33/h3-14,18,24H,2,15-17H2,1H3,(H,34,40)/b36-28-. The molecule has 218 valence electrons. The van der Waals surface area contributed by atoms with E-state index in [-0.39, 0.29) is 12.3 Å². The summed E-state index contributed by atoms with van der Waals surface area (Å²) in [5.41, 5.74) is 3.64. The lowest BCUT2D eigenvalue weighted by Gasteiger charge is -2.21. The van der Waals surface area contributed by atoms with Crippen molar-refractivity contribution in [1.82, 2.24) is 20.1 Å². The molecule has 0 aliphatic carbocycles. The van der Waals surface area contributed by atoms with E-state index < -0.39 is 18.6 Å². The van der Waals surface area contributed by atoms with E-state index in [9.17, 15) is 22.4 Å². The number of anilines is 1. The fourth-order valence-corrected chi connectivity index (χ4v) is 5.32. The largest absolute Gasteiger partial charge is 0.573 e. The van der Waals surface area contributed by atoms with Crippen LogP contribution >= 0.6 is 11.8 Å². The number of amidine groups is 1. The van der Waals surface area contributed by atoms with Crippen molar-refractivity contribution in [3.8, 4) is 22.8 Å². The van der Waals surface area contributed by atoms with Gasteiger partial charge in [0.2, 0.25) is 0 Å². The van der Waals surface area contributed by atoms with Gasteiger partial charge in [-0.1, -0.05) is 61.2 Å². The van der Waals surface area contributed by atoms with Gasteiger partial charge in [-0.25, -0.2) is 18.9 Å². The van der Waals surface area contributed by atoms with Crippen molar-refractivity contribution in [3.63, 3.8) is 0 Å². The number of thioether (sulfide) groups is 1. The van der Waals surface area contributed by atoms with Crippen LogP contribution in [0.3, 0.4) is 0 Å². The molecule has 1 unspecified atom stereocenters. The maximum absolute atomic E-state index is 14.9. The lowest BCUT2D eigenvalue weighted by atomic mass is 10.1. The third-order valence-corrected chi connectivity index (χ3v) is 7.38. The molecule has 42 heavy (non-hydrogen) atoms. The van der Waals surface area contributed by atoms with Gasteiger partial charge in [0.15, 0.2) is 11.0 Å². The number of para-hydroxylation sites is 1. The number of benzene rings is 3. The number of urea groups is 1. The predicted molar refractivity (Wildman–Crippen MR) is 154 cm³/mol. The minimum Gasteiger partial charge on any atom is -0.406 e. The second kappa shape index (κ2) is 12.6. The van der Waals surface area contributed by atoms with E-state index in [0.717, 1.165) is 30.0 Å². The van der Waals surface area contributed by atoms with Crippen molar-refractivity contribution < 1.29 is 27.1 Å². The van der Waals surface area contributed by atoms with E-state index >= 15 is 0 Å². The number of carbonyl (C=O) groups is 1. The van der Waals surface area contributed by atoms with Crippen molar-refractivity contribution in [2.24, 2.45) is 4.99 Å². The average molecular weight is 599 g/mol. The second-order valence-electron chi connectivity index (χ2n) is 9.21. The molecule has 13 heteroatoms. The van der Waals surface area contributed by atoms with E-state index in [2.05, 4.69) is 38.1 Å². The Morgan fingerprint density at radius 3 is 2.55 bits per heavy atom. The second-order valence-corrected chi connectivity index (χ2v) is 10.3. The first-order valence-corrected chi connectivity index (χ1v) is 14.1. The van der Waals surface area contributed by atoms with Gasteiger partial charge < -0.3 is 15.0 Å². The van der Waals surface area contributed by atoms with Crippen LogP contribution in [0.2, 0.25) is 0 Å². The molecule has 1 aromatic heterocycles. The first-order valence-electron chi connectivity index (χ1n) is 13.1. The normalized spacial score (nSPS) is 15.2. The van der Waals surface area contributed by atoms with Gasteiger partial charge in [-0.3, -0.25) is 0 Å². The number of aliphatic imine (C=N–C) groups is 1. The van der Waals surface area contributed by atoms with Crippen molar-refractivity contribution in [3.05, 3.63) is 90.3 Å². The number of aryl methyl sites for hydroxylation is 1. The van der Waals surface area contributed by atoms with Gasteiger partial charge in [-0.2, -0.15) is 4.99 Å². The monoisotopic (exact) mass is 598 g/mol. The SMILES string of the molecule is CCc1ccccc1N1CCS/C1=N\C(=O)NCC(F)c1ccc(-c2ncn(-c3ccc(OC(F)(F)F)cc3)n2)cc1. The van der Waals surface area contributed by atoms with E-state index in [1.807, 2.05) is 23.1 Å². The van der Waals surface area contributed by atoms with Crippen LogP contribution in [0.25, 0.3) is 17.1 Å². The summed E-state index contributed by atoms with van der Waals surface area (Å²) in [7, 11) is 0. The van der Waals surface area contributed by atoms with Crippen LogP contribution in [-0.4, -0.2) is 51.2 Å². The van der Waals surface area contributed by atoms with Crippen molar-refractivity contribution in [2.45, 2.75) is 25.9 Å². The fourth-order valence-electron chi connectivity index (χ4n) is 4.37. The van der Waals surface area contributed by atoms with Crippen LogP contribution in [0, 0.1) is 0 Å². The molecule has 1 aliphatic heterocycles. The van der Waals surface area contributed by atoms with Crippen molar-refractivity contribution in [2.75, 3.05) is 23.7 Å². The molecule has 8 nitrogen and oxygen atoms in total. The molecule has 1 N–H and O–H groups in total. The molecule has 0 saturated carbocycles. The highest BCUT2D eigenvalue weighted by Crippen LogP contribution is 2.29. The Morgan fingerprint density at radius 2 is 1.83 bits per heavy atom. The molecule has 1 saturated heterocycles. The van der Waals surface area contributed by atoms with Crippen LogP contribution in [0.4, 0.5) is 28.0 Å². The molecule has 2 heterocycles. The maximum Gasteiger partial charge on any atom is 0.573 e. The first-order chi connectivity index (χ1) is 20.2. The first kappa shape index (κ1) is 29.1. The molecular weight excluding hydrogens is 572 g/mol. The van der Waals surface area contributed by atoms with Gasteiger partial charge >= 0.3 is 12.4 Å². The number of alkyl halides is 4. The summed E-state index contributed by atoms with van der Waals surface area (Å²) in [6.07, 6.45) is -3.96. The molecule has 5 rings (SSSR count). The van der Waals surface area contributed by atoms with Crippen LogP contribution in [0.15, 0.2) is 84.1 Å². The zero-order chi connectivity index (χ0) is 29.7. The molecule has 3 aromatic carbocycles. The lowest BCUT2D eigenvalue weighted by Crippen LogP contribution is -2.29. The predicted octanol–water partition coefficient (Wildman–Crippen LogP) is 6.72. The molecule has 4 aromatic rings. The summed E-state index contributed by atoms with van der Waals surface area (Å²) < 4.78 is 57.4. The van der Waals surface area contributed by atoms with Gasteiger partial charge in [0, 0.05) is 23.5 Å². The zero-order valence-corrected chi connectivity index (χ0v) is 23.2. The summed E-state index contributed by atoms with van der Waals surface area (Å²) in [6, 6.07) is 19.1. The Bertz CT molecular complexity index is 1560. The van der Waals surface area contributed by atoms with Gasteiger partial charge in [-0.15, -0.1) is 18.3 Å². The summed E-state index contributed by atoms with van der Waals surface area (Å²) in [6.45, 7) is 2.57. The zero-order valence-electron chi connectivity index (χ0n) is 22.4. The number of amides is 2. The van der Waals surface area contributed by atoms with Gasteiger partial charge in [0.05, 0.1) is 12.2 Å². The lowest BCUT2D eigenvalue weighted by molar-refractivity contribution is -0.274. The van der Waals surface area contributed by atoms with E-state index in [1.54, 1.807) is 24.3 Å². The maximum atomic E-state index is 14.9. The van der Waals surface area contributed by atoms with Crippen molar-refractivity contribution in [1.29, 1.82) is 0 Å². The molecular formula is C29H26F4N6O2S. The van der Waals surface area contributed by atoms with Crippen LogP contribution < -0.4 is 15.0 Å². The Morgan fingerprint density at radius 1 is 1.10 bits per heavy atom. The van der Waals surface area contributed by atoms with Crippen LogP contribution in [-0.2, 0) is 6.42 Å². The van der Waals surface area contributed by atoms with E-state index in [4.69, 9.17) is 0 Å². The Balaban J connectivity index is 1.17. The number of rotatable bonds is 8. The van der Waals surface area contributed by atoms with Crippen molar-refractivity contribution >= 4 is 28.6 Å². The number of halogens is 4. The molecule has 1 atom stereocenters. The quantitative estimate of drug-likeness (QED) is 0.227. The minimum atomic E-state index is -4.77. The summed E-state index contributed by atoms with van der Waals surface area (Å²) in [5, 5.41) is 7.49. The number of carbonyl (C=O) groups excluding carboxylic acids is 1. The van der Waals surface area contributed by atoms with Crippen LogP contribution in [0.5, 0.6) is 5.75 Å². The molecule has 1 fully saturated rings. The minimum absolute atomic E-state index is 0.244. The molecule has 2 amide bonds. The number of hydrogen-bond donors (Lipinski definition) is 1. The molecule has 0 radical (unpaired) electrons. The Kier molecular flexibility index (Phi) is 8.76. The number of hydrogen-bond acceptors (Lipinski definition) is 5. The molecule has 0 bridgehead atoms. The number of aromatic nitrogens is 3. The van der Waals surface area contributed by atoms with E-state index in [0.29, 0.717) is 27.8 Å². The van der Waals surface area contributed by atoms with Gasteiger partial charge in [0.1, 0.15) is 18.2 Å². The number of nitrogens with zero attached hydrogens (tertiary/aromatic N) is 5. The third kappa shape index (κ3) is 7.08. The van der Waals surface area contributed by atoms with E-state index in [1.165, 1.54) is 47.0 Å². The third-order valence-electron chi connectivity index (χ3n) is 6.43. The number of nitrogens with one attached hydrogen (secondary N) is 1. The highest BCUT2D eigenvalue weighted by Gasteiger charge is 2.31. The van der Waals surface area contributed by atoms with Crippen LogP contribution in [0.1, 0.15) is 24.2 Å². The molecule has 0 spiro atoms. The summed E-state index contributed by atoms with van der Waals surface area (Å²) in [4.78, 5) is 23.0. The smallest absolute Gasteiger partial charge is 0.406 e. The topological polar surface area (TPSA) is 84.6 Å². The fraction of sp³-hybridized carbons (Fsp3) is 0.241. The average Bonchev–Trinajstić information content (AvgIpc) is 3.66. The highest BCUT2D eigenvalue weighted by atomic mass is 32.2.